The molecular weight excluding hydrogens is 254 g/mol. The topological polar surface area (TPSA) is 78.0 Å². The van der Waals surface area contributed by atoms with Crippen molar-refractivity contribution in [3.8, 4) is 5.75 Å². The van der Waals surface area contributed by atoms with Crippen molar-refractivity contribution in [2.45, 2.75) is 6.54 Å². The minimum atomic E-state index is -0.144. The smallest absolute Gasteiger partial charge is 0.251 e. The van der Waals surface area contributed by atoms with Gasteiger partial charge in [0.1, 0.15) is 5.75 Å². The van der Waals surface area contributed by atoms with Crippen LogP contribution in [-0.4, -0.2) is 21.0 Å². The highest BCUT2D eigenvalue weighted by molar-refractivity contribution is 5.97. The Kier molecular flexibility index (Phi) is 3.09. The van der Waals surface area contributed by atoms with Crippen molar-refractivity contribution in [3.05, 3.63) is 59.9 Å². The predicted molar refractivity (Wildman–Crippen MR) is 75.4 cm³/mol. The first kappa shape index (κ1) is 12.2. The number of aromatic amines is 1. The summed E-state index contributed by atoms with van der Waals surface area (Å²) in [4.78, 5) is 19.1. The molecule has 0 aliphatic carbocycles. The summed E-state index contributed by atoms with van der Waals surface area (Å²) in [5, 5.41) is 12.0. The number of nitrogens with zero attached hydrogens (tertiary/aromatic N) is 1. The third kappa shape index (κ3) is 2.47. The van der Waals surface area contributed by atoms with Crippen molar-refractivity contribution in [2.75, 3.05) is 0 Å². The molecule has 5 nitrogen and oxygen atoms in total. The van der Waals surface area contributed by atoms with Gasteiger partial charge in [-0.25, -0.2) is 4.98 Å². The maximum atomic E-state index is 12.1. The third-order valence-corrected chi connectivity index (χ3v) is 3.07. The number of carbonyl (C=O) groups is 1. The van der Waals surface area contributed by atoms with E-state index < -0.39 is 0 Å². The summed E-state index contributed by atoms with van der Waals surface area (Å²) in [6, 6.07) is 12.1. The molecule has 0 radical (unpaired) electrons. The number of aromatic nitrogens is 2. The molecule has 5 heteroatoms. The number of rotatable bonds is 3. The molecule has 3 N–H and O–H groups in total. The third-order valence-electron chi connectivity index (χ3n) is 3.07. The van der Waals surface area contributed by atoms with Crippen LogP contribution in [0, 0.1) is 0 Å². The van der Waals surface area contributed by atoms with Crippen LogP contribution < -0.4 is 5.32 Å². The number of phenols is 1. The van der Waals surface area contributed by atoms with Crippen LogP contribution in [0.15, 0.2) is 48.8 Å². The standard InChI is InChI=1S/C15H13N3O2/c19-12-4-1-10(2-5-12)8-16-15(20)11-3-6-13-14(7-11)18-9-17-13/h1-7,9,19H,8H2,(H,16,20)(H,17,18). The number of imidazole rings is 1. The van der Waals surface area contributed by atoms with E-state index in [4.69, 9.17) is 0 Å². The van der Waals surface area contributed by atoms with E-state index in [1.807, 2.05) is 0 Å². The van der Waals surface area contributed by atoms with Crippen molar-refractivity contribution in [2.24, 2.45) is 0 Å². The molecule has 2 aromatic carbocycles. The lowest BCUT2D eigenvalue weighted by atomic mass is 10.1. The molecule has 0 fully saturated rings. The van der Waals surface area contributed by atoms with Crippen LogP contribution in [0.5, 0.6) is 5.75 Å². The minimum Gasteiger partial charge on any atom is -0.508 e. The summed E-state index contributed by atoms with van der Waals surface area (Å²) in [6.45, 7) is 0.417. The van der Waals surface area contributed by atoms with Crippen molar-refractivity contribution in [1.29, 1.82) is 0 Å². The number of benzene rings is 2. The second-order valence-electron chi connectivity index (χ2n) is 4.48. The van der Waals surface area contributed by atoms with Gasteiger partial charge < -0.3 is 15.4 Å². The van der Waals surface area contributed by atoms with E-state index in [1.54, 1.807) is 48.8 Å². The van der Waals surface area contributed by atoms with Gasteiger partial charge in [0.2, 0.25) is 0 Å². The van der Waals surface area contributed by atoms with Crippen LogP contribution in [-0.2, 0) is 6.54 Å². The van der Waals surface area contributed by atoms with Crippen LogP contribution >= 0.6 is 0 Å². The molecule has 20 heavy (non-hydrogen) atoms. The molecule has 0 aliphatic rings. The van der Waals surface area contributed by atoms with E-state index in [-0.39, 0.29) is 11.7 Å². The maximum Gasteiger partial charge on any atom is 0.251 e. The predicted octanol–water partition coefficient (Wildman–Crippen LogP) is 2.20. The average Bonchev–Trinajstić information content (AvgIpc) is 2.93. The summed E-state index contributed by atoms with van der Waals surface area (Å²) >= 11 is 0. The lowest BCUT2D eigenvalue weighted by molar-refractivity contribution is 0.0951. The zero-order valence-electron chi connectivity index (χ0n) is 10.6. The lowest BCUT2D eigenvalue weighted by Gasteiger charge is -2.05. The highest BCUT2D eigenvalue weighted by Crippen LogP contribution is 2.12. The highest BCUT2D eigenvalue weighted by atomic mass is 16.3. The minimum absolute atomic E-state index is 0.144. The number of nitrogens with one attached hydrogen (secondary N) is 2. The van der Waals surface area contributed by atoms with Gasteiger partial charge in [-0.15, -0.1) is 0 Å². The van der Waals surface area contributed by atoms with Crippen LogP contribution in [0.1, 0.15) is 15.9 Å². The number of aromatic hydroxyl groups is 1. The fourth-order valence-electron chi connectivity index (χ4n) is 1.98. The summed E-state index contributed by atoms with van der Waals surface area (Å²) < 4.78 is 0. The number of hydrogen-bond acceptors (Lipinski definition) is 3. The van der Waals surface area contributed by atoms with Gasteiger partial charge >= 0.3 is 0 Å². The highest BCUT2D eigenvalue weighted by Gasteiger charge is 2.07. The molecule has 0 aliphatic heterocycles. The van der Waals surface area contributed by atoms with Gasteiger partial charge in [0.25, 0.3) is 5.91 Å². The first-order chi connectivity index (χ1) is 9.72. The van der Waals surface area contributed by atoms with Gasteiger partial charge in [-0.05, 0) is 35.9 Å². The molecule has 0 unspecified atom stereocenters. The Morgan fingerprint density at radius 2 is 2.00 bits per heavy atom. The van der Waals surface area contributed by atoms with Gasteiger partial charge in [0.05, 0.1) is 17.4 Å². The zero-order valence-corrected chi connectivity index (χ0v) is 10.6. The van der Waals surface area contributed by atoms with Crippen molar-refractivity contribution >= 4 is 16.9 Å². The fraction of sp³-hybridized carbons (Fsp3) is 0.0667. The van der Waals surface area contributed by atoms with Gasteiger partial charge in [-0.1, -0.05) is 12.1 Å². The first-order valence-electron chi connectivity index (χ1n) is 6.21. The van der Waals surface area contributed by atoms with Crippen LogP contribution in [0.25, 0.3) is 11.0 Å². The zero-order chi connectivity index (χ0) is 13.9. The molecule has 1 heterocycles. The van der Waals surface area contributed by atoms with E-state index in [1.165, 1.54) is 0 Å². The second kappa shape index (κ2) is 5.05. The molecule has 0 bridgehead atoms. The number of fused-ring (bicyclic) bond motifs is 1. The van der Waals surface area contributed by atoms with Crippen LogP contribution in [0.2, 0.25) is 0 Å². The molecule has 0 spiro atoms. The Morgan fingerprint density at radius 1 is 1.20 bits per heavy atom. The SMILES string of the molecule is O=C(NCc1ccc(O)cc1)c1ccc2nc[nH]c2c1. The molecule has 0 saturated heterocycles. The van der Waals surface area contributed by atoms with Gasteiger partial charge in [0.15, 0.2) is 0 Å². The largest absolute Gasteiger partial charge is 0.508 e. The molecule has 1 amide bonds. The number of phenolic OH excluding ortho intramolecular Hbond substituents is 1. The first-order valence-corrected chi connectivity index (χ1v) is 6.21. The summed E-state index contributed by atoms with van der Waals surface area (Å²) in [6.07, 6.45) is 1.60. The van der Waals surface area contributed by atoms with E-state index in [0.29, 0.717) is 12.1 Å². The molecule has 100 valence electrons. The Hall–Kier alpha value is -2.82. The van der Waals surface area contributed by atoms with Crippen LogP contribution in [0.3, 0.4) is 0 Å². The van der Waals surface area contributed by atoms with E-state index in [0.717, 1.165) is 16.6 Å². The second-order valence-corrected chi connectivity index (χ2v) is 4.48. The van der Waals surface area contributed by atoms with Gasteiger partial charge in [-0.3, -0.25) is 4.79 Å². The van der Waals surface area contributed by atoms with Crippen molar-refractivity contribution < 1.29 is 9.90 Å². The number of H-pyrrole nitrogens is 1. The monoisotopic (exact) mass is 267 g/mol. The number of carbonyl (C=O) groups excluding carboxylic acids is 1. The Morgan fingerprint density at radius 3 is 2.80 bits per heavy atom. The maximum absolute atomic E-state index is 12.1. The summed E-state index contributed by atoms with van der Waals surface area (Å²) in [5.74, 6) is 0.0688. The normalized spacial score (nSPS) is 10.6. The van der Waals surface area contributed by atoms with E-state index in [9.17, 15) is 9.90 Å². The fourth-order valence-corrected chi connectivity index (χ4v) is 1.98. The summed E-state index contributed by atoms with van der Waals surface area (Å²) in [5.41, 5.74) is 3.18. The molecule has 0 saturated carbocycles. The molecule has 1 aromatic heterocycles. The van der Waals surface area contributed by atoms with E-state index in [2.05, 4.69) is 15.3 Å². The van der Waals surface area contributed by atoms with Gasteiger partial charge in [0, 0.05) is 12.1 Å². The Balaban J connectivity index is 1.70. The molecule has 3 rings (SSSR count). The van der Waals surface area contributed by atoms with E-state index >= 15 is 0 Å². The average molecular weight is 267 g/mol. The van der Waals surface area contributed by atoms with Crippen LogP contribution in [0.4, 0.5) is 0 Å². The van der Waals surface area contributed by atoms with Crippen molar-refractivity contribution in [3.63, 3.8) is 0 Å². The number of amides is 1. The Labute approximate surface area is 115 Å². The molecule has 3 aromatic rings. The Bertz CT molecular complexity index is 747. The summed E-state index contributed by atoms with van der Waals surface area (Å²) in [7, 11) is 0. The number of hydrogen-bond donors (Lipinski definition) is 3. The molecular formula is C15H13N3O2. The lowest BCUT2D eigenvalue weighted by Crippen LogP contribution is -2.22. The quantitative estimate of drug-likeness (QED) is 0.680. The molecule has 0 atom stereocenters. The van der Waals surface area contributed by atoms with Crippen molar-refractivity contribution in [1.82, 2.24) is 15.3 Å². The van der Waals surface area contributed by atoms with Gasteiger partial charge in [-0.2, -0.15) is 0 Å².